The first-order valence-electron chi connectivity index (χ1n) is 17.7. The van der Waals surface area contributed by atoms with Crippen molar-refractivity contribution in [1.82, 2.24) is 0 Å². The molecule has 0 aromatic heterocycles. The molecule has 0 aromatic carbocycles. The molecular weight excluding hydrogens is 581 g/mol. The molecule has 0 aliphatic rings. The smallest absolute Gasteiger partial charge is 0.306 e. The zero-order chi connectivity index (χ0) is 32.9. The molecule has 0 saturated carbocycles. The van der Waals surface area contributed by atoms with Crippen LogP contribution in [0, 0.1) is 0 Å². The molecule has 0 N–H and O–H groups in total. The van der Waals surface area contributed by atoms with Gasteiger partial charge in [-0.2, -0.15) is 0 Å². The SMILES string of the molecule is CCCCCCCCCCCCCC(=O)OCC(COP(=O)([O-])OCC[N+](C)(C)C)OC(=O)CCCCCCCCCCC. The highest BCUT2D eigenvalue weighted by atomic mass is 31.2. The molecule has 262 valence electrons. The lowest BCUT2D eigenvalue weighted by Gasteiger charge is -2.28. The summed E-state index contributed by atoms with van der Waals surface area (Å²) in [7, 11) is 1.17. The lowest BCUT2D eigenvalue weighted by Crippen LogP contribution is -2.37. The molecule has 0 bridgehead atoms. The van der Waals surface area contributed by atoms with Crippen LogP contribution in [0.15, 0.2) is 0 Å². The molecule has 0 radical (unpaired) electrons. The van der Waals surface area contributed by atoms with E-state index in [4.69, 9.17) is 18.5 Å². The van der Waals surface area contributed by atoms with Crippen LogP contribution in [-0.2, 0) is 32.7 Å². The standard InChI is InChI=1S/C34H68NO8P/c1-6-8-10-12-14-16-17-19-20-22-24-26-33(36)40-30-32(31-42-44(38,39)41-29-28-35(3,4)5)43-34(37)27-25-23-21-18-15-13-11-9-7-2/h32H,6-31H2,1-5H3. The van der Waals surface area contributed by atoms with Gasteiger partial charge < -0.3 is 27.9 Å². The quantitative estimate of drug-likeness (QED) is 0.0310. The second-order valence-electron chi connectivity index (χ2n) is 13.2. The van der Waals surface area contributed by atoms with E-state index in [1.54, 1.807) is 0 Å². The third-order valence-corrected chi connectivity index (χ3v) is 8.59. The summed E-state index contributed by atoms with van der Waals surface area (Å²) in [6.07, 6.45) is 22.8. The first-order valence-corrected chi connectivity index (χ1v) is 19.2. The van der Waals surface area contributed by atoms with E-state index < -0.39 is 26.5 Å². The molecule has 0 spiro atoms. The monoisotopic (exact) mass is 649 g/mol. The molecule has 10 heteroatoms. The lowest BCUT2D eigenvalue weighted by atomic mass is 10.1. The van der Waals surface area contributed by atoms with Crippen molar-refractivity contribution in [1.29, 1.82) is 0 Å². The third-order valence-electron chi connectivity index (χ3n) is 7.63. The van der Waals surface area contributed by atoms with E-state index in [-0.39, 0.29) is 32.0 Å². The molecule has 0 heterocycles. The van der Waals surface area contributed by atoms with Crippen LogP contribution in [-0.4, -0.2) is 70.0 Å². The summed E-state index contributed by atoms with van der Waals surface area (Å²) in [4.78, 5) is 37.1. The number of esters is 2. The zero-order valence-corrected chi connectivity index (χ0v) is 30.0. The van der Waals surface area contributed by atoms with Crippen molar-refractivity contribution in [3.05, 3.63) is 0 Å². The summed E-state index contributed by atoms with van der Waals surface area (Å²) >= 11 is 0. The van der Waals surface area contributed by atoms with Crippen molar-refractivity contribution in [3.8, 4) is 0 Å². The number of unbranched alkanes of at least 4 members (excludes halogenated alkanes) is 18. The van der Waals surface area contributed by atoms with Gasteiger partial charge in [0.1, 0.15) is 19.8 Å². The van der Waals surface area contributed by atoms with Gasteiger partial charge in [-0.05, 0) is 12.8 Å². The van der Waals surface area contributed by atoms with Crippen molar-refractivity contribution in [2.75, 3.05) is 47.5 Å². The number of nitrogens with zero attached hydrogens (tertiary/aromatic N) is 1. The minimum atomic E-state index is -4.60. The average molecular weight is 650 g/mol. The average Bonchev–Trinajstić information content (AvgIpc) is 2.95. The number of carbonyl (C=O) groups is 2. The van der Waals surface area contributed by atoms with Gasteiger partial charge in [-0.25, -0.2) is 0 Å². The largest absolute Gasteiger partial charge is 0.756 e. The van der Waals surface area contributed by atoms with Crippen molar-refractivity contribution < 1.29 is 42.1 Å². The Hall–Kier alpha value is -0.990. The summed E-state index contributed by atoms with van der Waals surface area (Å²) in [5, 5.41) is 0. The topological polar surface area (TPSA) is 111 Å². The van der Waals surface area contributed by atoms with E-state index >= 15 is 0 Å². The highest BCUT2D eigenvalue weighted by Gasteiger charge is 2.21. The van der Waals surface area contributed by atoms with E-state index in [0.29, 0.717) is 17.4 Å². The Morgan fingerprint density at radius 2 is 1.02 bits per heavy atom. The van der Waals surface area contributed by atoms with Crippen molar-refractivity contribution >= 4 is 19.8 Å². The van der Waals surface area contributed by atoms with Crippen molar-refractivity contribution in [3.63, 3.8) is 0 Å². The molecule has 0 rings (SSSR count). The van der Waals surface area contributed by atoms with Gasteiger partial charge in [0.15, 0.2) is 6.10 Å². The zero-order valence-electron chi connectivity index (χ0n) is 29.1. The highest BCUT2D eigenvalue weighted by Crippen LogP contribution is 2.38. The van der Waals surface area contributed by atoms with Gasteiger partial charge in [-0.15, -0.1) is 0 Å². The number of hydrogen-bond donors (Lipinski definition) is 0. The molecule has 0 amide bonds. The van der Waals surface area contributed by atoms with Gasteiger partial charge >= 0.3 is 11.9 Å². The predicted molar refractivity (Wildman–Crippen MR) is 176 cm³/mol. The Morgan fingerprint density at radius 3 is 1.45 bits per heavy atom. The second-order valence-corrected chi connectivity index (χ2v) is 14.7. The normalized spacial score (nSPS) is 13.9. The Balaban J connectivity index is 4.46. The fraction of sp³-hybridized carbons (Fsp3) is 0.941. The molecule has 9 nitrogen and oxygen atoms in total. The van der Waals surface area contributed by atoms with E-state index in [1.807, 2.05) is 21.1 Å². The molecular formula is C34H68NO8P. The van der Waals surface area contributed by atoms with Gasteiger partial charge in [0, 0.05) is 12.8 Å². The Labute approximate surface area is 270 Å². The first kappa shape index (κ1) is 43.0. The Kier molecular flexibility index (Phi) is 27.6. The Morgan fingerprint density at radius 1 is 0.614 bits per heavy atom. The van der Waals surface area contributed by atoms with Crippen LogP contribution in [0.1, 0.15) is 155 Å². The van der Waals surface area contributed by atoms with Crippen LogP contribution in [0.25, 0.3) is 0 Å². The van der Waals surface area contributed by atoms with E-state index in [2.05, 4.69) is 13.8 Å². The molecule has 0 aromatic rings. The number of carbonyl (C=O) groups excluding carboxylic acids is 2. The summed E-state index contributed by atoms with van der Waals surface area (Å²) in [5.74, 6) is -0.833. The minimum absolute atomic E-state index is 0.0265. The van der Waals surface area contributed by atoms with Gasteiger partial charge in [-0.1, -0.05) is 129 Å². The molecule has 0 saturated heterocycles. The summed E-state index contributed by atoms with van der Waals surface area (Å²) in [6, 6.07) is 0. The number of hydrogen-bond acceptors (Lipinski definition) is 8. The highest BCUT2D eigenvalue weighted by molar-refractivity contribution is 7.45. The molecule has 0 aliphatic heterocycles. The maximum Gasteiger partial charge on any atom is 0.306 e. The van der Waals surface area contributed by atoms with Crippen LogP contribution in [0.5, 0.6) is 0 Å². The fourth-order valence-corrected chi connectivity index (χ4v) is 5.50. The number of quaternary nitrogens is 1. The molecule has 44 heavy (non-hydrogen) atoms. The maximum absolute atomic E-state index is 12.5. The fourth-order valence-electron chi connectivity index (χ4n) is 4.77. The van der Waals surface area contributed by atoms with Gasteiger partial charge in [-0.3, -0.25) is 14.2 Å². The summed E-state index contributed by atoms with van der Waals surface area (Å²) in [6.45, 7) is 4.18. The number of likely N-dealkylation sites (N-methyl/N-ethyl adjacent to an activating group) is 1. The van der Waals surface area contributed by atoms with Crippen LogP contribution in [0.4, 0.5) is 0 Å². The summed E-state index contributed by atoms with van der Waals surface area (Å²) < 4.78 is 33.6. The van der Waals surface area contributed by atoms with Gasteiger partial charge in [0.25, 0.3) is 7.82 Å². The molecule has 0 aliphatic carbocycles. The number of phosphoric acid groups is 1. The number of phosphoric ester groups is 1. The summed E-state index contributed by atoms with van der Waals surface area (Å²) in [5.41, 5.74) is 0. The van der Waals surface area contributed by atoms with Crippen LogP contribution < -0.4 is 4.89 Å². The van der Waals surface area contributed by atoms with E-state index in [0.717, 1.165) is 38.5 Å². The molecule has 2 atom stereocenters. The Bertz CT molecular complexity index is 743. The predicted octanol–water partition coefficient (Wildman–Crippen LogP) is 8.27. The van der Waals surface area contributed by atoms with Gasteiger partial charge in [0.2, 0.25) is 0 Å². The molecule has 0 fully saturated rings. The van der Waals surface area contributed by atoms with Crippen molar-refractivity contribution in [2.24, 2.45) is 0 Å². The van der Waals surface area contributed by atoms with Crippen LogP contribution >= 0.6 is 7.82 Å². The third kappa shape index (κ3) is 31.0. The second kappa shape index (κ2) is 28.3. The maximum atomic E-state index is 12.5. The number of rotatable bonds is 32. The first-order chi connectivity index (χ1) is 21.0. The van der Waals surface area contributed by atoms with Crippen LogP contribution in [0.3, 0.4) is 0 Å². The molecule has 2 unspecified atom stereocenters. The minimum Gasteiger partial charge on any atom is -0.756 e. The van der Waals surface area contributed by atoms with Crippen molar-refractivity contribution in [2.45, 2.75) is 161 Å². The lowest BCUT2D eigenvalue weighted by molar-refractivity contribution is -0.870. The van der Waals surface area contributed by atoms with Crippen LogP contribution in [0.2, 0.25) is 0 Å². The van der Waals surface area contributed by atoms with E-state index in [1.165, 1.54) is 83.5 Å². The van der Waals surface area contributed by atoms with Gasteiger partial charge in [0.05, 0.1) is 27.7 Å². The van der Waals surface area contributed by atoms with E-state index in [9.17, 15) is 19.0 Å². The number of ether oxygens (including phenoxy) is 2.